The first-order valence-corrected chi connectivity index (χ1v) is 5.55. The van der Waals surface area contributed by atoms with Crippen molar-refractivity contribution in [1.29, 1.82) is 0 Å². The summed E-state index contributed by atoms with van der Waals surface area (Å²) in [5.41, 5.74) is 1.55. The van der Waals surface area contributed by atoms with E-state index in [1.807, 2.05) is 0 Å². The molecule has 0 unspecified atom stereocenters. The largest absolute Gasteiger partial charge is 2.00 e. The molecule has 0 saturated carbocycles. The molecule has 0 aromatic carbocycles. The van der Waals surface area contributed by atoms with E-state index in [1.165, 1.54) is 6.54 Å². The summed E-state index contributed by atoms with van der Waals surface area (Å²) in [4.78, 5) is 0. The van der Waals surface area contributed by atoms with Gasteiger partial charge >= 0.3 is 17.1 Å². The maximum atomic E-state index is 2.23. The van der Waals surface area contributed by atoms with Gasteiger partial charge in [-0.3, -0.25) is 0 Å². The molecule has 2 aliphatic carbocycles. The SMILES string of the molecule is C1=CCC=C1.C[N+](C)(C)CC1=CC=CC1.[Fe+2].[I-]. The fraction of sp³-hybridized carbons (Fsp3) is 0.429. The molecular formula is C14H22FeIN+2. The van der Waals surface area contributed by atoms with Gasteiger partial charge in [0.2, 0.25) is 0 Å². The second kappa shape index (κ2) is 10.1. The zero-order valence-electron chi connectivity index (χ0n) is 10.8. The summed E-state index contributed by atoms with van der Waals surface area (Å²) in [6.45, 7) is 1.17. The molecule has 0 amide bonds. The summed E-state index contributed by atoms with van der Waals surface area (Å²) < 4.78 is 1.04. The van der Waals surface area contributed by atoms with Crippen LogP contribution in [0.15, 0.2) is 48.1 Å². The zero-order chi connectivity index (χ0) is 11.1. The maximum absolute atomic E-state index is 2.23. The van der Waals surface area contributed by atoms with Crippen LogP contribution in [0.2, 0.25) is 0 Å². The quantitative estimate of drug-likeness (QED) is 0.358. The third-order valence-electron chi connectivity index (χ3n) is 2.18. The Morgan fingerprint density at radius 1 is 1.00 bits per heavy atom. The molecule has 0 N–H and O–H groups in total. The van der Waals surface area contributed by atoms with Gasteiger partial charge in [0.25, 0.3) is 0 Å². The van der Waals surface area contributed by atoms with Crippen molar-refractivity contribution in [3.63, 3.8) is 0 Å². The van der Waals surface area contributed by atoms with Crippen LogP contribution in [0.3, 0.4) is 0 Å². The van der Waals surface area contributed by atoms with E-state index in [-0.39, 0.29) is 41.0 Å². The van der Waals surface area contributed by atoms with Gasteiger partial charge in [0, 0.05) is 0 Å². The van der Waals surface area contributed by atoms with Gasteiger partial charge < -0.3 is 28.5 Å². The van der Waals surface area contributed by atoms with Crippen LogP contribution >= 0.6 is 0 Å². The molecule has 0 aliphatic heterocycles. The summed E-state index contributed by atoms with van der Waals surface area (Å²) >= 11 is 0. The third kappa shape index (κ3) is 11.0. The van der Waals surface area contributed by atoms with Crippen molar-refractivity contribution in [2.24, 2.45) is 0 Å². The normalized spacial score (nSPS) is 15.6. The van der Waals surface area contributed by atoms with E-state index in [1.54, 1.807) is 5.57 Å². The van der Waals surface area contributed by atoms with Crippen molar-refractivity contribution in [2.45, 2.75) is 12.8 Å². The Kier molecular flexibility index (Phi) is 11.6. The average molecular weight is 387 g/mol. The first-order chi connectivity index (χ1) is 7.08. The van der Waals surface area contributed by atoms with E-state index >= 15 is 0 Å². The topological polar surface area (TPSA) is 0 Å². The van der Waals surface area contributed by atoms with Gasteiger partial charge in [0.05, 0.1) is 21.1 Å². The molecular weight excluding hydrogens is 365 g/mol. The van der Waals surface area contributed by atoms with Gasteiger partial charge in [-0.25, -0.2) is 0 Å². The Morgan fingerprint density at radius 3 is 1.88 bits per heavy atom. The molecule has 0 fully saturated rings. The fourth-order valence-corrected chi connectivity index (χ4v) is 1.61. The van der Waals surface area contributed by atoms with Gasteiger partial charge in [-0.05, 0) is 18.4 Å². The Balaban J connectivity index is 0. The second-order valence-electron chi connectivity index (χ2n) is 5.00. The van der Waals surface area contributed by atoms with Crippen molar-refractivity contribution in [3.05, 3.63) is 48.1 Å². The summed E-state index contributed by atoms with van der Waals surface area (Å²) in [7, 11) is 6.66. The number of allylic oxidation sites excluding steroid dienone is 7. The van der Waals surface area contributed by atoms with Crippen LogP contribution < -0.4 is 24.0 Å². The predicted molar refractivity (Wildman–Crippen MR) is 67.6 cm³/mol. The van der Waals surface area contributed by atoms with Crippen LogP contribution in [-0.2, 0) is 17.1 Å². The maximum Gasteiger partial charge on any atom is 2.00 e. The van der Waals surface area contributed by atoms with E-state index in [4.69, 9.17) is 0 Å². The summed E-state index contributed by atoms with van der Waals surface area (Å²) in [6, 6.07) is 0. The predicted octanol–water partition coefficient (Wildman–Crippen LogP) is 0.0829. The minimum Gasteiger partial charge on any atom is -1.00 e. The summed E-state index contributed by atoms with van der Waals surface area (Å²) in [5, 5.41) is 0. The number of nitrogens with zero attached hydrogens (tertiary/aromatic N) is 1. The van der Waals surface area contributed by atoms with Gasteiger partial charge in [-0.15, -0.1) is 0 Å². The Hall–Kier alpha value is 0.169. The van der Waals surface area contributed by atoms with Gasteiger partial charge in [0.1, 0.15) is 6.54 Å². The number of hydrogen-bond acceptors (Lipinski definition) is 0. The van der Waals surface area contributed by atoms with Crippen LogP contribution in [0.5, 0.6) is 0 Å². The second-order valence-corrected chi connectivity index (χ2v) is 5.00. The van der Waals surface area contributed by atoms with Gasteiger partial charge in [-0.2, -0.15) is 0 Å². The third-order valence-corrected chi connectivity index (χ3v) is 2.18. The minimum absolute atomic E-state index is 0. The van der Waals surface area contributed by atoms with E-state index in [0.29, 0.717) is 0 Å². The summed E-state index contributed by atoms with van der Waals surface area (Å²) in [6.07, 6.45) is 17.2. The number of halogens is 1. The number of hydrogen-bond donors (Lipinski definition) is 0. The fourth-order valence-electron chi connectivity index (χ4n) is 1.61. The number of likely N-dealkylation sites (N-methyl/N-ethyl adjacent to an activating group) is 1. The van der Waals surface area contributed by atoms with Crippen molar-refractivity contribution in [2.75, 3.05) is 27.7 Å². The zero-order valence-corrected chi connectivity index (χ0v) is 14.1. The Morgan fingerprint density at radius 2 is 1.59 bits per heavy atom. The van der Waals surface area contributed by atoms with E-state index in [9.17, 15) is 0 Å². The molecule has 2 rings (SSSR count). The molecule has 17 heavy (non-hydrogen) atoms. The van der Waals surface area contributed by atoms with Crippen molar-refractivity contribution < 1.29 is 45.5 Å². The Labute approximate surface area is 133 Å². The van der Waals surface area contributed by atoms with E-state index < -0.39 is 0 Å². The molecule has 1 nitrogen and oxygen atoms in total. The van der Waals surface area contributed by atoms with Crippen LogP contribution in [0.4, 0.5) is 0 Å². The molecule has 0 atom stereocenters. The molecule has 0 bridgehead atoms. The van der Waals surface area contributed by atoms with Gasteiger partial charge in [-0.1, -0.05) is 42.5 Å². The van der Waals surface area contributed by atoms with Crippen LogP contribution in [0.25, 0.3) is 0 Å². The molecule has 3 heteroatoms. The molecule has 0 saturated heterocycles. The standard InChI is InChI=1S/C9H16N.C5H6.Fe.HI/c1-10(2,3)8-9-6-4-5-7-9;1-2-4-5-3-1;;/h4-6H,7-8H2,1-3H3;1-4H,5H2;;1H/q+1;;+2;/p-1. The Bertz CT molecular complexity index is 299. The van der Waals surface area contributed by atoms with Crippen LogP contribution in [0, 0.1) is 0 Å². The van der Waals surface area contributed by atoms with Crippen LogP contribution in [0.1, 0.15) is 12.8 Å². The average Bonchev–Trinajstić information content (AvgIpc) is 2.71. The first kappa shape index (κ1) is 19.5. The monoisotopic (exact) mass is 387 g/mol. The molecule has 2 aliphatic rings. The number of quaternary nitrogens is 1. The smallest absolute Gasteiger partial charge is 1.00 e. The van der Waals surface area contributed by atoms with E-state index in [0.717, 1.165) is 17.3 Å². The molecule has 0 spiro atoms. The van der Waals surface area contributed by atoms with Crippen LogP contribution in [-0.4, -0.2) is 32.2 Å². The first-order valence-electron chi connectivity index (χ1n) is 5.55. The number of rotatable bonds is 2. The van der Waals surface area contributed by atoms with E-state index in [2.05, 4.69) is 63.7 Å². The minimum atomic E-state index is 0. The molecule has 0 radical (unpaired) electrons. The van der Waals surface area contributed by atoms with Crippen molar-refractivity contribution in [3.8, 4) is 0 Å². The molecule has 0 aromatic heterocycles. The molecule has 0 aromatic rings. The van der Waals surface area contributed by atoms with Gasteiger partial charge in [0.15, 0.2) is 0 Å². The van der Waals surface area contributed by atoms with Crippen molar-refractivity contribution in [1.82, 2.24) is 0 Å². The summed E-state index contributed by atoms with van der Waals surface area (Å²) in [5.74, 6) is 0. The molecule has 96 valence electrons. The van der Waals surface area contributed by atoms with Crippen molar-refractivity contribution >= 4 is 0 Å². The molecule has 0 heterocycles.